The lowest BCUT2D eigenvalue weighted by molar-refractivity contribution is 0.122. The summed E-state index contributed by atoms with van der Waals surface area (Å²) in [5.41, 5.74) is 0.805. The molecular weight excluding hydrogens is 416 g/mol. The van der Waals surface area contributed by atoms with Gasteiger partial charge in [0.25, 0.3) is 0 Å². The van der Waals surface area contributed by atoms with Crippen LogP contribution in [0.2, 0.25) is 0 Å². The molecule has 24 heavy (non-hydrogen) atoms. The largest absolute Gasteiger partial charge is 0.378 e. The predicted molar refractivity (Wildman–Crippen MR) is 95.8 cm³/mol. The number of halogens is 1. The highest BCUT2D eigenvalue weighted by molar-refractivity contribution is 9.11. The van der Waals surface area contributed by atoms with Crippen molar-refractivity contribution in [2.75, 3.05) is 31.2 Å². The summed E-state index contributed by atoms with van der Waals surface area (Å²) in [6.45, 7) is 4.79. The number of aromatic nitrogens is 2. The second-order valence-corrected chi connectivity index (χ2v) is 9.72. The summed E-state index contributed by atoms with van der Waals surface area (Å²) in [7, 11) is -3.56. The zero-order chi connectivity index (χ0) is 17.2. The quantitative estimate of drug-likeness (QED) is 0.776. The van der Waals surface area contributed by atoms with Gasteiger partial charge in [-0.25, -0.2) is 23.1 Å². The summed E-state index contributed by atoms with van der Waals surface area (Å²) in [6, 6.07) is 5.17. The average Bonchev–Trinajstić information content (AvgIpc) is 3.01. The van der Waals surface area contributed by atoms with Crippen LogP contribution < -0.4 is 9.62 Å². The summed E-state index contributed by atoms with van der Waals surface area (Å²) in [4.78, 5) is 10.9. The maximum Gasteiger partial charge on any atom is 0.250 e. The lowest BCUT2D eigenvalue weighted by Gasteiger charge is -2.28. The second kappa shape index (κ2) is 7.44. The second-order valence-electron chi connectivity index (χ2n) is 5.27. The fourth-order valence-electron chi connectivity index (χ4n) is 2.32. The van der Waals surface area contributed by atoms with E-state index in [1.807, 2.05) is 13.0 Å². The van der Waals surface area contributed by atoms with Gasteiger partial charge in [-0.15, -0.1) is 11.3 Å². The number of rotatable bonds is 5. The van der Waals surface area contributed by atoms with Crippen molar-refractivity contribution in [2.45, 2.75) is 17.7 Å². The molecule has 0 aromatic carbocycles. The van der Waals surface area contributed by atoms with Gasteiger partial charge in [0.15, 0.2) is 0 Å². The van der Waals surface area contributed by atoms with Crippen LogP contribution in [0, 0.1) is 6.92 Å². The van der Waals surface area contributed by atoms with E-state index in [0.29, 0.717) is 19.0 Å². The third-order valence-corrected chi connectivity index (χ3v) is 6.97. The van der Waals surface area contributed by atoms with Crippen molar-refractivity contribution in [3.63, 3.8) is 0 Å². The van der Waals surface area contributed by atoms with E-state index in [1.54, 1.807) is 12.1 Å². The van der Waals surface area contributed by atoms with Crippen LogP contribution in [0.3, 0.4) is 0 Å². The molecule has 0 spiro atoms. The number of morpholine rings is 1. The maximum absolute atomic E-state index is 12.3. The van der Waals surface area contributed by atoms with Gasteiger partial charge in [-0.3, -0.25) is 0 Å². The number of nitrogens with one attached hydrogen (secondary N) is 1. The van der Waals surface area contributed by atoms with Crippen molar-refractivity contribution in [3.8, 4) is 0 Å². The first kappa shape index (κ1) is 17.7. The molecule has 0 saturated carbocycles. The first-order valence-electron chi connectivity index (χ1n) is 7.36. The predicted octanol–water partition coefficient (Wildman–Crippen LogP) is 1.92. The number of thiophene rings is 1. The number of hydrogen-bond donors (Lipinski definition) is 1. The molecule has 0 aliphatic carbocycles. The Morgan fingerprint density at radius 1 is 1.33 bits per heavy atom. The molecule has 1 saturated heterocycles. The first-order chi connectivity index (χ1) is 11.4. The minimum Gasteiger partial charge on any atom is -0.378 e. The molecule has 0 atom stereocenters. The number of sulfonamides is 1. The van der Waals surface area contributed by atoms with Gasteiger partial charge in [0.1, 0.15) is 15.9 Å². The highest BCUT2D eigenvalue weighted by Crippen LogP contribution is 2.25. The summed E-state index contributed by atoms with van der Waals surface area (Å²) in [6.07, 6.45) is 0. The van der Waals surface area contributed by atoms with Crippen molar-refractivity contribution >= 4 is 43.1 Å². The molecule has 7 nitrogen and oxygen atoms in total. The Morgan fingerprint density at radius 2 is 2.08 bits per heavy atom. The molecular formula is C14H17BrN4O3S2. The summed E-state index contributed by atoms with van der Waals surface area (Å²) >= 11 is 4.43. The third-order valence-electron chi connectivity index (χ3n) is 3.46. The third kappa shape index (κ3) is 4.31. The van der Waals surface area contributed by atoms with Crippen LogP contribution >= 0.6 is 27.3 Å². The van der Waals surface area contributed by atoms with Gasteiger partial charge in [0.2, 0.25) is 10.0 Å². The minimum atomic E-state index is -3.56. The van der Waals surface area contributed by atoms with Gasteiger partial charge in [0.05, 0.1) is 23.5 Å². The van der Waals surface area contributed by atoms with E-state index >= 15 is 0 Å². The Balaban J connectivity index is 1.74. The highest BCUT2D eigenvalue weighted by atomic mass is 79.9. The number of nitrogens with zero attached hydrogens (tertiary/aromatic N) is 3. The van der Waals surface area contributed by atoms with Crippen LogP contribution in [0.4, 0.5) is 5.82 Å². The summed E-state index contributed by atoms with van der Waals surface area (Å²) < 4.78 is 33.5. The molecule has 2 aromatic heterocycles. The van der Waals surface area contributed by atoms with Crippen LogP contribution in [0.1, 0.15) is 11.5 Å². The molecule has 0 bridgehead atoms. The highest BCUT2D eigenvalue weighted by Gasteiger charge is 2.18. The van der Waals surface area contributed by atoms with Gasteiger partial charge in [-0.1, -0.05) is 0 Å². The molecule has 0 unspecified atom stereocenters. The van der Waals surface area contributed by atoms with Crippen molar-refractivity contribution in [2.24, 2.45) is 0 Å². The number of hydrogen-bond acceptors (Lipinski definition) is 7. The van der Waals surface area contributed by atoms with Crippen molar-refractivity contribution in [1.29, 1.82) is 0 Å². The smallest absolute Gasteiger partial charge is 0.250 e. The molecule has 0 radical (unpaired) electrons. The van der Waals surface area contributed by atoms with Gasteiger partial charge >= 0.3 is 0 Å². The Hall–Kier alpha value is -1.07. The van der Waals surface area contributed by atoms with Crippen LogP contribution in [0.25, 0.3) is 0 Å². The lowest BCUT2D eigenvalue weighted by atomic mass is 10.3. The molecule has 130 valence electrons. The zero-order valence-corrected chi connectivity index (χ0v) is 16.2. The molecule has 3 rings (SSSR count). The molecule has 1 aliphatic heterocycles. The SMILES string of the molecule is Cc1cc(N2CCOCC2)nc(CNS(=O)(=O)c2ccc(Br)s2)n1. The maximum atomic E-state index is 12.3. The number of aryl methyl sites for hydroxylation is 1. The Labute approximate surface area is 153 Å². The van der Waals surface area contributed by atoms with Gasteiger partial charge in [-0.05, 0) is 35.0 Å². The van der Waals surface area contributed by atoms with Gasteiger partial charge in [-0.2, -0.15) is 0 Å². The van der Waals surface area contributed by atoms with Crippen molar-refractivity contribution < 1.29 is 13.2 Å². The molecule has 1 aliphatic rings. The summed E-state index contributed by atoms with van der Waals surface area (Å²) in [5, 5.41) is 0. The molecule has 1 N–H and O–H groups in total. The molecule has 0 amide bonds. The fourth-order valence-corrected chi connectivity index (χ4v) is 5.35. The van der Waals surface area contributed by atoms with E-state index in [-0.39, 0.29) is 10.8 Å². The lowest BCUT2D eigenvalue weighted by Crippen LogP contribution is -2.37. The monoisotopic (exact) mass is 432 g/mol. The molecule has 3 heterocycles. The summed E-state index contributed by atoms with van der Waals surface area (Å²) in [5.74, 6) is 1.26. The molecule has 10 heteroatoms. The molecule has 1 fully saturated rings. The zero-order valence-electron chi connectivity index (χ0n) is 13.0. The van der Waals surface area contributed by atoms with Crippen LogP contribution in [-0.2, 0) is 21.3 Å². The van der Waals surface area contributed by atoms with Crippen LogP contribution in [0.5, 0.6) is 0 Å². The van der Waals surface area contributed by atoms with E-state index in [1.165, 1.54) is 0 Å². The van der Waals surface area contributed by atoms with Crippen molar-refractivity contribution in [1.82, 2.24) is 14.7 Å². The Bertz CT molecular complexity index is 819. The van der Waals surface area contributed by atoms with E-state index in [9.17, 15) is 8.42 Å². The fraction of sp³-hybridized carbons (Fsp3) is 0.429. The van der Waals surface area contributed by atoms with E-state index < -0.39 is 10.0 Å². The van der Waals surface area contributed by atoms with Crippen LogP contribution in [-0.4, -0.2) is 44.7 Å². The standard InChI is InChI=1S/C14H17BrN4O3S2/c1-10-8-13(19-4-6-22-7-5-19)18-12(17-10)9-16-24(20,21)14-3-2-11(15)23-14/h2-3,8,16H,4-7,9H2,1H3. The van der Waals surface area contributed by atoms with Gasteiger partial charge < -0.3 is 9.64 Å². The Kier molecular flexibility index (Phi) is 5.50. The van der Waals surface area contributed by atoms with Gasteiger partial charge in [0, 0.05) is 24.8 Å². The first-order valence-corrected chi connectivity index (χ1v) is 10.5. The minimum absolute atomic E-state index is 0.0525. The topological polar surface area (TPSA) is 84.4 Å². The normalized spacial score (nSPS) is 15.7. The molecule has 2 aromatic rings. The van der Waals surface area contributed by atoms with E-state index in [0.717, 1.165) is 39.7 Å². The average molecular weight is 433 g/mol. The van der Waals surface area contributed by atoms with E-state index in [4.69, 9.17) is 4.74 Å². The number of ether oxygens (including phenoxy) is 1. The Morgan fingerprint density at radius 3 is 2.75 bits per heavy atom. The number of anilines is 1. The van der Waals surface area contributed by atoms with Crippen molar-refractivity contribution in [3.05, 3.63) is 33.5 Å². The van der Waals surface area contributed by atoms with E-state index in [2.05, 4.69) is 35.5 Å². The van der Waals surface area contributed by atoms with Crippen LogP contribution in [0.15, 0.2) is 26.2 Å².